The predicted octanol–water partition coefficient (Wildman–Crippen LogP) is 3.54. The third-order valence-electron chi connectivity index (χ3n) is 4.96. The van der Waals surface area contributed by atoms with Gasteiger partial charge in [-0.1, -0.05) is 23.8 Å². The standard InChI is InChI=1S/C19H20N2O3S/c1-2-24-19(23)16-20-17(22)15-13-9-8-12(11-6-4-3-5-7-11)10-14(13)25-18(15)21-16/h3-4,6,12H,2,5,7-10H2,1H3,(H,20,21,22). The van der Waals surface area contributed by atoms with Gasteiger partial charge in [-0.3, -0.25) is 4.79 Å². The highest BCUT2D eigenvalue weighted by Gasteiger charge is 2.27. The van der Waals surface area contributed by atoms with Gasteiger partial charge < -0.3 is 9.72 Å². The van der Waals surface area contributed by atoms with Gasteiger partial charge in [-0.2, -0.15) is 0 Å². The number of nitrogens with zero attached hydrogens (tertiary/aromatic N) is 1. The third kappa shape index (κ3) is 2.95. The lowest BCUT2D eigenvalue weighted by molar-refractivity contribution is 0.0512. The van der Waals surface area contributed by atoms with Crippen LogP contribution in [0.3, 0.4) is 0 Å². The highest BCUT2D eigenvalue weighted by Crippen LogP contribution is 2.39. The van der Waals surface area contributed by atoms with Crippen LogP contribution in [0.4, 0.5) is 0 Å². The Bertz CT molecular complexity index is 951. The van der Waals surface area contributed by atoms with Crippen molar-refractivity contribution < 1.29 is 9.53 Å². The first kappa shape index (κ1) is 16.3. The molecule has 4 rings (SSSR count). The Morgan fingerprint density at radius 2 is 2.32 bits per heavy atom. The minimum absolute atomic E-state index is 0.00498. The van der Waals surface area contributed by atoms with Gasteiger partial charge in [0.25, 0.3) is 5.56 Å². The van der Waals surface area contributed by atoms with Gasteiger partial charge in [0.15, 0.2) is 0 Å². The lowest BCUT2D eigenvalue weighted by Gasteiger charge is -2.25. The average Bonchev–Trinajstić information content (AvgIpc) is 3.00. The molecule has 0 saturated heterocycles. The zero-order valence-corrected chi connectivity index (χ0v) is 14.9. The number of aromatic amines is 1. The number of carbonyl (C=O) groups excluding carboxylic acids is 1. The Morgan fingerprint density at radius 1 is 1.44 bits per heavy atom. The molecule has 0 radical (unpaired) electrons. The molecule has 0 aliphatic heterocycles. The zero-order chi connectivity index (χ0) is 17.4. The average molecular weight is 356 g/mol. The first-order valence-corrected chi connectivity index (χ1v) is 9.56. The molecule has 2 aliphatic rings. The summed E-state index contributed by atoms with van der Waals surface area (Å²) in [5, 5.41) is 0.656. The molecule has 25 heavy (non-hydrogen) atoms. The molecule has 1 atom stereocenters. The van der Waals surface area contributed by atoms with Crippen LogP contribution >= 0.6 is 11.3 Å². The Balaban J connectivity index is 1.71. The summed E-state index contributed by atoms with van der Waals surface area (Å²) in [6.45, 7) is 1.99. The van der Waals surface area contributed by atoms with Crippen molar-refractivity contribution in [1.82, 2.24) is 9.97 Å². The van der Waals surface area contributed by atoms with Gasteiger partial charge in [0, 0.05) is 4.88 Å². The van der Waals surface area contributed by atoms with Crippen LogP contribution in [-0.4, -0.2) is 22.5 Å². The summed E-state index contributed by atoms with van der Waals surface area (Å²) >= 11 is 1.55. The fraction of sp³-hybridized carbons (Fsp3) is 0.421. The molecule has 0 spiro atoms. The number of nitrogens with one attached hydrogen (secondary N) is 1. The van der Waals surface area contributed by atoms with Crippen molar-refractivity contribution in [3.05, 3.63) is 50.4 Å². The number of aromatic nitrogens is 2. The van der Waals surface area contributed by atoms with Gasteiger partial charge in [-0.15, -0.1) is 11.3 Å². The number of aryl methyl sites for hydroxylation is 1. The molecule has 6 heteroatoms. The third-order valence-corrected chi connectivity index (χ3v) is 6.11. The first-order valence-electron chi connectivity index (χ1n) is 8.74. The fourth-order valence-electron chi connectivity index (χ4n) is 3.76. The van der Waals surface area contributed by atoms with Crippen molar-refractivity contribution in [1.29, 1.82) is 0 Å². The molecule has 1 N–H and O–H groups in total. The van der Waals surface area contributed by atoms with Crippen LogP contribution in [0.2, 0.25) is 0 Å². The van der Waals surface area contributed by atoms with Gasteiger partial charge >= 0.3 is 5.97 Å². The maximum absolute atomic E-state index is 12.5. The molecule has 0 fully saturated rings. The number of esters is 1. The summed E-state index contributed by atoms with van der Waals surface area (Å²) < 4.78 is 4.95. The number of carbonyl (C=O) groups is 1. The van der Waals surface area contributed by atoms with Gasteiger partial charge in [-0.05, 0) is 50.5 Å². The minimum Gasteiger partial charge on any atom is -0.460 e. The summed E-state index contributed by atoms with van der Waals surface area (Å²) in [4.78, 5) is 33.2. The largest absolute Gasteiger partial charge is 0.460 e. The predicted molar refractivity (Wildman–Crippen MR) is 98.2 cm³/mol. The van der Waals surface area contributed by atoms with Crippen LogP contribution in [-0.2, 0) is 17.6 Å². The molecule has 0 aromatic carbocycles. The van der Waals surface area contributed by atoms with Crippen LogP contribution in [0.15, 0.2) is 28.6 Å². The van der Waals surface area contributed by atoms with Gasteiger partial charge in [0.1, 0.15) is 4.83 Å². The number of fused-ring (bicyclic) bond motifs is 3. The highest BCUT2D eigenvalue weighted by atomic mass is 32.1. The van der Waals surface area contributed by atoms with E-state index in [0.29, 0.717) is 16.1 Å². The molecule has 2 aliphatic carbocycles. The van der Waals surface area contributed by atoms with Crippen molar-refractivity contribution in [2.24, 2.45) is 5.92 Å². The molecule has 130 valence electrons. The van der Waals surface area contributed by atoms with Crippen LogP contribution in [0.25, 0.3) is 10.2 Å². The van der Waals surface area contributed by atoms with E-state index in [2.05, 4.69) is 28.2 Å². The minimum atomic E-state index is -0.579. The monoisotopic (exact) mass is 356 g/mol. The summed E-state index contributed by atoms with van der Waals surface area (Å²) in [5.74, 6) is -0.0337. The zero-order valence-electron chi connectivity index (χ0n) is 14.1. The molecule has 2 heterocycles. The van der Waals surface area contributed by atoms with Crippen molar-refractivity contribution in [2.45, 2.75) is 39.0 Å². The number of ether oxygens (including phenoxy) is 1. The Morgan fingerprint density at radius 3 is 3.08 bits per heavy atom. The van der Waals surface area contributed by atoms with Crippen molar-refractivity contribution >= 4 is 27.5 Å². The number of rotatable bonds is 3. The molecule has 5 nitrogen and oxygen atoms in total. The number of hydrogen-bond acceptors (Lipinski definition) is 5. The van der Waals surface area contributed by atoms with Crippen LogP contribution in [0, 0.1) is 5.92 Å². The topological polar surface area (TPSA) is 72.0 Å². The van der Waals surface area contributed by atoms with E-state index >= 15 is 0 Å². The summed E-state index contributed by atoms with van der Waals surface area (Å²) in [7, 11) is 0. The summed E-state index contributed by atoms with van der Waals surface area (Å²) in [5.41, 5.74) is 2.40. The number of thiophene rings is 1. The lowest BCUT2D eigenvalue weighted by atomic mass is 9.80. The van der Waals surface area contributed by atoms with Crippen molar-refractivity contribution in [2.75, 3.05) is 6.61 Å². The van der Waals surface area contributed by atoms with Gasteiger partial charge in [0.05, 0.1) is 12.0 Å². The maximum atomic E-state index is 12.5. The van der Waals surface area contributed by atoms with E-state index in [-0.39, 0.29) is 18.0 Å². The van der Waals surface area contributed by atoms with Crippen molar-refractivity contribution in [3.8, 4) is 0 Å². The fourth-order valence-corrected chi connectivity index (χ4v) is 5.06. The molecule has 2 aromatic rings. The number of H-pyrrole nitrogens is 1. The van der Waals surface area contributed by atoms with Crippen LogP contribution in [0.5, 0.6) is 0 Å². The van der Waals surface area contributed by atoms with E-state index in [1.807, 2.05) is 0 Å². The number of hydrogen-bond donors (Lipinski definition) is 1. The summed E-state index contributed by atoms with van der Waals surface area (Å²) in [6.07, 6.45) is 11.8. The molecule has 0 saturated carbocycles. The highest BCUT2D eigenvalue weighted by molar-refractivity contribution is 7.18. The summed E-state index contributed by atoms with van der Waals surface area (Å²) in [6, 6.07) is 0. The molecular formula is C19H20N2O3S. The first-order chi connectivity index (χ1) is 12.2. The SMILES string of the molecule is CCOC(=O)c1nc2sc3c(c2c(=O)[nH]1)CCC(C1=CC=CCC1)C3. The van der Waals surface area contributed by atoms with E-state index < -0.39 is 5.97 Å². The maximum Gasteiger partial charge on any atom is 0.374 e. The molecule has 1 unspecified atom stereocenters. The smallest absolute Gasteiger partial charge is 0.374 e. The normalized spacial score (nSPS) is 19.6. The van der Waals surface area contributed by atoms with Gasteiger partial charge in [0.2, 0.25) is 5.82 Å². The van der Waals surface area contributed by atoms with Crippen LogP contribution < -0.4 is 5.56 Å². The quantitative estimate of drug-likeness (QED) is 0.854. The van der Waals surface area contributed by atoms with E-state index in [9.17, 15) is 9.59 Å². The van der Waals surface area contributed by atoms with Gasteiger partial charge in [-0.25, -0.2) is 9.78 Å². The van der Waals surface area contributed by atoms with E-state index in [1.54, 1.807) is 18.3 Å². The number of allylic oxidation sites excluding steroid dienone is 4. The van der Waals surface area contributed by atoms with E-state index in [4.69, 9.17) is 4.74 Å². The van der Waals surface area contributed by atoms with Crippen LogP contribution in [0.1, 0.15) is 47.2 Å². The second kappa shape index (κ2) is 6.59. The van der Waals surface area contributed by atoms with E-state index in [0.717, 1.165) is 37.7 Å². The second-order valence-corrected chi connectivity index (χ2v) is 7.55. The Hall–Kier alpha value is -2.21. The molecule has 0 bridgehead atoms. The lowest BCUT2D eigenvalue weighted by Crippen LogP contribution is -2.19. The van der Waals surface area contributed by atoms with E-state index in [1.165, 1.54) is 10.5 Å². The Labute approximate surface area is 149 Å². The van der Waals surface area contributed by atoms with Crippen molar-refractivity contribution in [3.63, 3.8) is 0 Å². The Kier molecular flexibility index (Phi) is 4.29. The molecule has 2 aromatic heterocycles. The second-order valence-electron chi connectivity index (χ2n) is 6.47. The molecular weight excluding hydrogens is 336 g/mol. The molecule has 0 amide bonds.